The Labute approximate surface area is 334 Å². The molecule has 0 fully saturated rings. The fourth-order valence-electron chi connectivity index (χ4n) is 8.40. The molecule has 10 rings (SSSR count). The normalized spacial score (nSPS) is 11.2. The summed E-state index contributed by atoms with van der Waals surface area (Å²) < 4.78 is 0. The van der Waals surface area contributed by atoms with E-state index >= 15 is 0 Å². The quantitative estimate of drug-likeness (QED) is 0.151. The second-order valence-electron chi connectivity index (χ2n) is 14.5. The summed E-state index contributed by atoms with van der Waals surface area (Å²) in [6.45, 7) is 0. The highest BCUT2D eigenvalue weighted by atomic mass is 15.1. The van der Waals surface area contributed by atoms with Crippen LogP contribution in [0.25, 0.3) is 77.2 Å². The van der Waals surface area contributed by atoms with E-state index in [0.29, 0.717) is 0 Å². The third-order valence-electron chi connectivity index (χ3n) is 11.1. The Morgan fingerprint density at radius 1 is 0.228 bits per heavy atom. The van der Waals surface area contributed by atoms with E-state index in [0.717, 1.165) is 22.6 Å². The van der Waals surface area contributed by atoms with Crippen molar-refractivity contribution in [2.75, 3.05) is 4.90 Å². The number of para-hydroxylation sites is 1. The predicted octanol–water partition coefficient (Wildman–Crippen LogP) is 15.8. The van der Waals surface area contributed by atoms with Crippen LogP contribution in [0.2, 0.25) is 0 Å². The largest absolute Gasteiger partial charge is 0.309 e. The monoisotopic (exact) mass is 725 g/mol. The van der Waals surface area contributed by atoms with Crippen LogP contribution in [0.15, 0.2) is 237 Å². The Bertz CT molecular complexity index is 3010. The van der Waals surface area contributed by atoms with Crippen LogP contribution in [-0.4, -0.2) is 0 Å². The van der Waals surface area contributed by atoms with Crippen LogP contribution in [0, 0.1) is 0 Å². The maximum Gasteiger partial charge on any atom is 0.0540 e. The van der Waals surface area contributed by atoms with Gasteiger partial charge in [-0.3, -0.25) is 0 Å². The number of benzene rings is 10. The highest BCUT2D eigenvalue weighted by Gasteiger charge is 2.22. The standard InChI is InChI=1S/C56H39N/c1-3-18-40(19-4-1)44-36-37-52(54(39-44)43-20-5-2-6-21-43)50-30-11-12-31-51(50)53-32-13-14-34-56(53)57(55-35-17-25-42-23-8-10-29-49(42)55)46-27-15-26-45(38-46)48-33-16-24-41-22-7-9-28-47(41)48/h1-39H. The molecule has 0 amide bonds. The Kier molecular flexibility index (Phi) is 8.95. The summed E-state index contributed by atoms with van der Waals surface area (Å²) in [5.41, 5.74) is 15.2. The molecule has 0 aromatic heterocycles. The molecule has 0 N–H and O–H groups in total. The highest BCUT2D eigenvalue weighted by Crippen LogP contribution is 2.47. The van der Waals surface area contributed by atoms with Crippen LogP contribution in [0.3, 0.4) is 0 Å². The number of rotatable bonds is 8. The minimum absolute atomic E-state index is 1.10. The number of fused-ring (bicyclic) bond motifs is 2. The molecule has 0 bridgehead atoms. The van der Waals surface area contributed by atoms with Crippen LogP contribution in [0.5, 0.6) is 0 Å². The lowest BCUT2D eigenvalue weighted by Gasteiger charge is -2.30. The van der Waals surface area contributed by atoms with Crippen LogP contribution < -0.4 is 4.90 Å². The van der Waals surface area contributed by atoms with Gasteiger partial charge in [0.15, 0.2) is 0 Å². The van der Waals surface area contributed by atoms with Crippen molar-refractivity contribution in [3.63, 3.8) is 0 Å². The molecule has 0 spiro atoms. The second-order valence-corrected chi connectivity index (χ2v) is 14.5. The SMILES string of the molecule is c1ccc(-c2ccc(-c3ccccc3-c3ccccc3N(c3cccc(-c4cccc5ccccc45)c3)c3cccc4ccccc34)c(-c3ccccc3)c2)cc1. The van der Waals surface area contributed by atoms with Gasteiger partial charge in [0.1, 0.15) is 0 Å². The zero-order chi connectivity index (χ0) is 38.0. The van der Waals surface area contributed by atoms with Gasteiger partial charge in [0.05, 0.1) is 11.4 Å². The molecule has 0 aliphatic heterocycles. The molecule has 1 heteroatoms. The summed E-state index contributed by atoms with van der Waals surface area (Å²) in [4.78, 5) is 2.46. The topological polar surface area (TPSA) is 3.24 Å². The maximum atomic E-state index is 2.46. The second kappa shape index (κ2) is 15.0. The first-order valence-corrected chi connectivity index (χ1v) is 19.6. The fraction of sp³-hybridized carbons (Fsp3) is 0. The van der Waals surface area contributed by atoms with Crippen molar-refractivity contribution in [1.82, 2.24) is 0 Å². The Morgan fingerprint density at radius 3 is 1.49 bits per heavy atom. The van der Waals surface area contributed by atoms with Crippen molar-refractivity contribution < 1.29 is 0 Å². The van der Waals surface area contributed by atoms with Gasteiger partial charge < -0.3 is 4.90 Å². The van der Waals surface area contributed by atoms with Crippen molar-refractivity contribution in [1.29, 1.82) is 0 Å². The van der Waals surface area contributed by atoms with E-state index < -0.39 is 0 Å². The molecule has 10 aromatic rings. The van der Waals surface area contributed by atoms with Crippen LogP contribution in [0.4, 0.5) is 17.1 Å². The minimum Gasteiger partial charge on any atom is -0.309 e. The molecule has 10 aromatic carbocycles. The molecule has 0 heterocycles. The van der Waals surface area contributed by atoms with E-state index in [4.69, 9.17) is 0 Å². The first-order chi connectivity index (χ1) is 28.3. The zero-order valence-electron chi connectivity index (χ0n) is 31.5. The van der Waals surface area contributed by atoms with Crippen molar-refractivity contribution >= 4 is 38.6 Å². The molecule has 1 nitrogen and oxygen atoms in total. The predicted molar refractivity (Wildman–Crippen MR) is 243 cm³/mol. The molecule has 0 saturated heterocycles. The summed E-state index contributed by atoms with van der Waals surface area (Å²) >= 11 is 0. The van der Waals surface area contributed by atoms with Gasteiger partial charge in [0, 0.05) is 16.6 Å². The number of nitrogens with zero attached hydrogens (tertiary/aromatic N) is 1. The van der Waals surface area contributed by atoms with Crippen LogP contribution in [-0.2, 0) is 0 Å². The van der Waals surface area contributed by atoms with Gasteiger partial charge in [-0.1, -0.05) is 206 Å². The maximum absolute atomic E-state index is 2.46. The fourth-order valence-corrected chi connectivity index (χ4v) is 8.40. The Balaban J connectivity index is 1.19. The van der Waals surface area contributed by atoms with Crippen molar-refractivity contribution in [2.45, 2.75) is 0 Å². The third kappa shape index (κ3) is 6.46. The van der Waals surface area contributed by atoms with Crippen LogP contribution >= 0.6 is 0 Å². The van der Waals surface area contributed by atoms with E-state index in [1.807, 2.05) is 0 Å². The molecule has 0 atom stereocenters. The third-order valence-corrected chi connectivity index (χ3v) is 11.1. The van der Waals surface area contributed by atoms with E-state index in [2.05, 4.69) is 241 Å². The summed E-state index contributed by atoms with van der Waals surface area (Å²) in [6.07, 6.45) is 0. The summed E-state index contributed by atoms with van der Waals surface area (Å²) in [5, 5.41) is 4.88. The molecule has 0 aliphatic rings. The van der Waals surface area contributed by atoms with Gasteiger partial charge in [0.25, 0.3) is 0 Å². The van der Waals surface area contributed by atoms with E-state index in [9.17, 15) is 0 Å². The van der Waals surface area contributed by atoms with Gasteiger partial charge in [0.2, 0.25) is 0 Å². The van der Waals surface area contributed by atoms with Crippen molar-refractivity contribution in [3.8, 4) is 55.6 Å². The van der Waals surface area contributed by atoms with Gasteiger partial charge in [-0.05, 0) is 96.6 Å². The average molecular weight is 726 g/mol. The van der Waals surface area contributed by atoms with E-state index in [1.165, 1.54) is 71.6 Å². The number of anilines is 3. The molecule has 268 valence electrons. The molecule has 0 unspecified atom stereocenters. The molecule has 0 radical (unpaired) electrons. The van der Waals surface area contributed by atoms with Crippen LogP contribution in [0.1, 0.15) is 0 Å². The van der Waals surface area contributed by atoms with Gasteiger partial charge >= 0.3 is 0 Å². The van der Waals surface area contributed by atoms with Gasteiger partial charge in [-0.2, -0.15) is 0 Å². The highest BCUT2D eigenvalue weighted by molar-refractivity contribution is 6.04. The molecule has 0 saturated carbocycles. The molecular formula is C56H39N. The lowest BCUT2D eigenvalue weighted by molar-refractivity contribution is 1.30. The van der Waals surface area contributed by atoms with Crippen molar-refractivity contribution in [2.24, 2.45) is 0 Å². The molecule has 0 aliphatic carbocycles. The number of hydrogen-bond donors (Lipinski definition) is 0. The van der Waals surface area contributed by atoms with E-state index in [1.54, 1.807) is 0 Å². The molecular weight excluding hydrogens is 687 g/mol. The van der Waals surface area contributed by atoms with Gasteiger partial charge in [-0.15, -0.1) is 0 Å². The summed E-state index contributed by atoms with van der Waals surface area (Å²) in [7, 11) is 0. The lowest BCUT2D eigenvalue weighted by Crippen LogP contribution is -2.12. The minimum atomic E-state index is 1.10. The lowest BCUT2D eigenvalue weighted by atomic mass is 9.87. The summed E-state index contributed by atoms with van der Waals surface area (Å²) in [6, 6.07) is 85.7. The Hall–Kier alpha value is -7.48. The average Bonchev–Trinajstić information content (AvgIpc) is 3.30. The van der Waals surface area contributed by atoms with Crippen molar-refractivity contribution in [3.05, 3.63) is 237 Å². The first-order valence-electron chi connectivity index (χ1n) is 19.6. The van der Waals surface area contributed by atoms with Gasteiger partial charge in [-0.25, -0.2) is 0 Å². The summed E-state index contributed by atoms with van der Waals surface area (Å²) in [5.74, 6) is 0. The Morgan fingerprint density at radius 2 is 0.719 bits per heavy atom. The smallest absolute Gasteiger partial charge is 0.0540 e. The first kappa shape index (κ1) is 34.0. The molecule has 57 heavy (non-hydrogen) atoms. The van der Waals surface area contributed by atoms with E-state index in [-0.39, 0.29) is 0 Å². The number of hydrogen-bond acceptors (Lipinski definition) is 1. The zero-order valence-corrected chi connectivity index (χ0v) is 31.5.